The molecular weight excluding hydrogens is 242 g/mol. The molecule has 0 amide bonds. The Morgan fingerprint density at radius 2 is 1.88 bits per heavy atom. The highest BCUT2D eigenvalue weighted by Crippen LogP contribution is 2.03. The van der Waals surface area contributed by atoms with Crippen molar-refractivity contribution in [3.8, 4) is 0 Å². The van der Waals surface area contributed by atoms with E-state index in [-0.39, 0.29) is 24.0 Å². The van der Waals surface area contributed by atoms with E-state index in [4.69, 9.17) is 5.11 Å². The Balaban J connectivity index is 4.12. The molecule has 0 bridgehead atoms. The summed E-state index contributed by atoms with van der Waals surface area (Å²) in [6, 6.07) is 0.232. The van der Waals surface area contributed by atoms with Gasteiger partial charge >= 0.3 is 5.97 Å². The smallest absolute Gasteiger partial charge is 0.303 e. The maximum Gasteiger partial charge on any atom is 0.303 e. The summed E-state index contributed by atoms with van der Waals surface area (Å²) in [6.45, 7) is 6.72. The molecule has 0 aromatic carbocycles. The molecule has 0 saturated carbocycles. The van der Waals surface area contributed by atoms with Crippen molar-refractivity contribution in [3.63, 3.8) is 0 Å². The normalized spacial score (nSPS) is 12.3. The molecule has 0 unspecified atom stereocenters. The molecule has 0 aliphatic carbocycles. The number of carboxylic acid groups (broad SMARTS) is 1. The second-order valence-electron chi connectivity index (χ2n) is 4.36. The van der Waals surface area contributed by atoms with Gasteiger partial charge in [0.2, 0.25) is 0 Å². The number of carbonyl (C=O) groups is 1. The van der Waals surface area contributed by atoms with Crippen LogP contribution in [0.15, 0.2) is 0 Å². The van der Waals surface area contributed by atoms with Crippen molar-refractivity contribution >= 4 is 15.8 Å². The molecule has 102 valence electrons. The van der Waals surface area contributed by atoms with Crippen LogP contribution in [0.5, 0.6) is 0 Å². The van der Waals surface area contributed by atoms with Gasteiger partial charge in [0, 0.05) is 24.8 Å². The van der Waals surface area contributed by atoms with E-state index in [9.17, 15) is 13.2 Å². The predicted octanol–water partition coefficient (Wildman–Crippen LogP) is 0.996. The fourth-order valence-corrected chi connectivity index (χ4v) is 2.26. The molecule has 0 atom stereocenters. The number of nitrogens with zero attached hydrogens (tertiary/aromatic N) is 1. The summed E-state index contributed by atoms with van der Waals surface area (Å²) in [5.74, 6) is -0.502. The minimum Gasteiger partial charge on any atom is -0.481 e. The highest BCUT2D eigenvalue weighted by atomic mass is 32.2. The molecular formula is C11H23NO4S. The van der Waals surface area contributed by atoms with Gasteiger partial charge in [0.25, 0.3) is 0 Å². The van der Waals surface area contributed by atoms with Crippen LogP contribution in [0, 0.1) is 0 Å². The zero-order chi connectivity index (χ0) is 13.5. The van der Waals surface area contributed by atoms with E-state index >= 15 is 0 Å². The summed E-state index contributed by atoms with van der Waals surface area (Å²) in [4.78, 5) is 12.4. The maximum atomic E-state index is 11.4. The minimum absolute atomic E-state index is 0.129. The quantitative estimate of drug-likeness (QED) is 0.673. The number of hydrogen-bond acceptors (Lipinski definition) is 4. The summed E-state index contributed by atoms with van der Waals surface area (Å²) in [5.41, 5.74) is 0. The monoisotopic (exact) mass is 265 g/mol. The molecule has 17 heavy (non-hydrogen) atoms. The second-order valence-corrected chi connectivity index (χ2v) is 6.84. The van der Waals surface area contributed by atoms with Gasteiger partial charge in [-0.3, -0.25) is 9.69 Å². The second kappa shape index (κ2) is 7.66. The number of carboxylic acids is 1. The van der Waals surface area contributed by atoms with Crippen LogP contribution in [0.4, 0.5) is 0 Å². The van der Waals surface area contributed by atoms with E-state index in [2.05, 4.69) is 0 Å². The van der Waals surface area contributed by atoms with Crippen molar-refractivity contribution in [1.29, 1.82) is 0 Å². The van der Waals surface area contributed by atoms with Gasteiger partial charge in [-0.25, -0.2) is 8.42 Å². The lowest BCUT2D eigenvalue weighted by Gasteiger charge is -2.25. The van der Waals surface area contributed by atoms with Crippen LogP contribution in [0.1, 0.15) is 33.6 Å². The molecule has 0 fully saturated rings. The fourth-order valence-electron chi connectivity index (χ4n) is 1.46. The zero-order valence-corrected chi connectivity index (χ0v) is 11.7. The van der Waals surface area contributed by atoms with Crippen LogP contribution in [-0.2, 0) is 14.6 Å². The highest BCUT2D eigenvalue weighted by molar-refractivity contribution is 7.91. The molecule has 0 rings (SSSR count). The van der Waals surface area contributed by atoms with Crippen molar-refractivity contribution in [2.24, 2.45) is 0 Å². The van der Waals surface area contributed by atoms with Crippen LogP contribution in [0.3, 0.4) is 0 Å². The van der Waals surface area contributed by atoms with Crippen molar-refractivity contribution in [2.45, 2.75) is 39.7 Å². The lowest BCUT2D eigenvalue weighted by Crippen LogP contribution is -2.36. The Labute approximate surface area is 104 Å². The van der Waals surface area contributed by atoms with Crippen molar-refractivity contribution in [2.75, 3.05) is 24.6 Å². The van der Waals surface area contributed by atoms with Gasteiger partial charge < -0.3 is 5.11 Å². The van der Waals surface area contributed by atoms with Crippen LogP contribution in [-0.4, -0.2) is 55.0 Å². The van der Waals surface area contributed by atoms with Gasteiger partial charge in [0.1, 0.15) is 0 Å². The van der Waals surface area contributed by atoms with Crippen molar-refractivity contribution in [3.05, 3.63) is 0 Å². The molecule has 0 aliphatic heterocycles. The van der Waals surface area contributed by atoms with Gasteiger partial charge in [-0.15, -0.1) is 0 Å². The van der Waals surface area contributed by atoms with Crippen molar-refractivity contribution in [1.82, 2.24) is 4.90 Å². The molecule has 0 heterocycles. The molecule has 0 radical (unpaired) electrons. The van der Waals surface area contributed by atoms with Crippen LogP contribution in [0.25, 0.3) is 0 Å². The SMILES string of the molecule is CCS(=O)(=O)CCN(CCCC(=O)O)C(C)C. The summed E-state index contributed by atoms with van der Waals surface area (Å²) in [6.07, 6.45) is 0.684. The molecule has 0 saturated heterocycles. The lowest BCUT2D eigenvalue weighted by molar-refractivity contribution is -0.137. The maximum absolute atomic E-state index is 11.4. The third-order valence-corrected chi connectivity index (χ3v) is 4.38. The summed E-state index contributed by atoms with van der Waals surface area (Å²) in [5, 5.41) is 8.55. The first-order valence-electron chi connectivity index (χ1n) is 5.94. The number of sulfone groups is 1. The van der Waals surface area contributed by atoms with E-state index in [0.717, 1.165) is 0 Å². The predicted molar refractivity (Wildman–Crippen MR) is 67.9 cm³/mol. The number of hydrogen-bond donors (Lipinski definition) is 1. The van der Waals surface area contributed by atoms with Gasteiger partial charge in [-0.05, 0) is 26.8 Å². The summed E-state index contributed by atoms with van der Waals surface area (Å²) < 4.78 is 22.8. The third kappa shape index (κ3) is 8.15. The zero-order valence-electron chi connectivity index (χ0n) is 10.8. The van der Waals surface area contributed by atoms with E-state index < -0.39 is 15.8 Å². The molecule has 0 aromatic heterocycles. The third-order valence-electron chi connectivity index (χ3n) is 2.70. The van der Waals surface area contributed by atoms with Gasteiger partial charge in [0.05, 0.1) is 5.75 Å². The minimum atomic E-state index is -2.95. The molecule has 0 spiro atoms. The van der Waals surface area contributed by atoms with E-state index in [1.165, 1.54) is 0 Å². The summed E-state index contributed by atoms with van der Waals surface area (Å²) in [7, 11) is -2.95. The van der Waals surface area contributed by atoms with Crippen molar-refractivity contribution < 1.29 is 18.3 Å². The lowest BCUT2D eigenvalue weighted by atomic mass is 10.2. The Morgan fingerprint density at radius 3 is 2.29 bits per heavy atom. The van der Waals surface area contributed by atoms with Gasteiger partial charge in [-0.1, -0.05) is 6.92 Å². The van der Waals surface area contributed by atoms with E-state index in [1.807, 2.05) is 18.7 Å². The Hall–Kier alpha value is -0.620. The molecule has 0 aliphatic rings. The van der Waals surface area contributed by atoms with E-state index in [1.54, 1.807) is 6.92 Å². The number of aliphatic carboxylic acids is 1. The molecule has 0 aromatic rings. The van der Waals surface area contributed by atoms with Gasteiger partial charge in [-0.2, -0.15) is 0 Å². The first-order chi connectivity index (χ1) is 7.78. The average molecular weight is 265 g/mol. The summed E-state index contributed by atoms with van der Waals surface area (Å²) >= 11 is 0. The van der Waals surface area contributed by atoms with Gasteiger partial charge in [0.15, 0.2) is 9.84 Å². The van der Waals surface area contributed by atoms with Crippen LogP contribution in [0.2, 0.25) is 0 Å². The molecule has 6 heteroatoms. The van der Waals surface area contributed by atoms with E-state index in [0.29, 0.717) is 19.5 Å². The van der Waals surface area contributed by atoms with Crippen LogP contribution >= 0.6 is 0 Å². The topological polar surface area (TPSA) is 74.7 Å². The first-order valence-corrected chi connectivity index (χ1v) is 7.77. The molecule has 5 nitrogen and oxygen atoms in total. The Bertz CT molecular complexity index is 324. The molecule has 1 N–H and O–H groups in total. The number of rotatable bonds is 9. The average Bonchev–Trinajstić information content (AvgIpc) is 2.22. The fraction of sp³-hybridized carbons (Fsp3) is 0.909. The highest BCUT2D eigenvalue weighted by Gasteiger charge is 2.14. The Kier molecular flexibility index (Phi) is 7.38. The standard InChI is InChI=1S/C11H23NO4S/c1-4-17(15,16)9-8-12(10(2)3)7-5-6-11(13)14/h10H,4-9H2,1-3H3,(H,13,14). The Morgan fingerprint density at radius 1 is 1.29 bits per heavy atom. The largest absolute Gasteiger partial charge is 0.481 e. The first kappa shape index (κ1) is 16.4. The van der Waals surface area contributed by atoms with Crippen LogP contribution < -0.4 is 0 Å².